The van der Waals surface area contributed by atoms with Gasteiger partial charge in [-0.2, -0.15) is 0 Å². The molecule has 56 heavy (non-hydrogen) atoms. The Kier molecular flexibility index (Phi) is 12.0. The lowest BCUT2D eigenvalue weighted by molar-refractivity contribution is -0.129. The number of nitrogens with zero attached hydrogens (tertiary/aromatic N) is 1. The average Bonchev–Trinajstić information content (AvgIpc) is 3.66. The summed E-state index contributed by atoms with van der Waals surface area (Å²) in [5, 5.41) is 12.4. The molecule has 2 N–H and O–H groups in total. The van der Waals surface area contributed by atoms with Crippen LogP contribution < -0.4 is 10.1 Å². The minimum atomic E-state index is -3.82. The molecule has 1 aliphatic heterocycles. The minimum Gasteiger partial charge on any atom is -0.494 e. The van der Waals surface area contributed by atoms with Crippen LogP contribution in [0, 0.1) is 0 Å². The number of amides is 1. The number of rotatable bonds is 16. The van der Waals surface area contributed by atoms with Crippen LogP contribution in [0.5, 0.6) is 5.75 Å². The Morgan fingerprint density at radius 2 is 1.25 bits per heavy atom. The quantitative estimate of drug-likeness (QED) is 0.0962. The molecule has 2 atom stereocenters. The number of ether oxygens (including phenoxy) is 2. The van der Waals surface area contributed by atoms with Gasteiger partial charge in [0.05, 0.1) is 17.3 Å². The standard InChI is InChI=1S/C47H44N2O6S/c50-31-13-32-54-41-28-26-40(27-29-41)45-49-47(30-33-56(52,53)42-20-11-4-12-21-42,44(55-45)39-24-22-36(23-25-39)35-14-5-1-6-15-35)46(51)48-34-43(37-16-7-2-8-17-37)38-18-9-3-10-19-38/h1-12,14-29,43-44,50H,13,30-34H2,(H,48,51)/t44-,47-/m1/s1. The fourth-order valence-corrected chi connectivity index (χ4v) is 8.42. The minimum absolute atomic E-state index is 0.0258. The highest BCUT2D eigenvalue weighted by molar-refractivity contribution is 7.91. The SMILES string of the molecule is O=C(NCC(c1ccccc1)c1ccccc1)[C@]1(CCS(=O)(=O)c2ccccc2)N=C(c2ccc(OCCCO)cc2)O[C@@H]1c1ccc(-c2ccccc2)cc1. The molecule has 0 aliphatic carbocycles. The predicted octanol–water partition coefficient (Wildman–Crippen LogP) is 8.18. The van der Waals surface area contributed by atoms with Crippen molar-refractivity contribution in [1.82, 2.24) is 5.32 Å². The lowest BCUT2D eigenvalue weighted by Gasteiger charge is -2.31. The number of carbonyl (C=O) groups excluding carboxylic acids is 1. The smallest absolute Gasteiger partial charge is 0.252 e. The van der Waals surface area contributed by atoms with E-state index >= 15 is 4.79 Å². The summed E-state index contributed by atoms with van der Waals surface area (Å²) in [6.07, 6.45) is -0.601. The molecule has 0 saturated carbocycles. The Morgan fingerprint density at radius 3 is 1.84 bits per heavy atom. The van der Waals surface area contributed by atoms with Crippen LogP contribution in [0.2, 0.25) is 0 Å². The zero-order valence-electron chi connectivity index (χ0n) is 30.9. The molecular formula is C47H44N2O6S. The van der Waals surface area contributed by atoms with Crippen molar-refractivity contribution in [1.29, 1.82) is 0 Å². The van der Waals surface area contributed by atoms with E-state index in [1.165, 1.54) is 0 Å². The first kappa shape index (κ1) is 38.3. The van der Waals surface area contributed by atoms with Crippen molar-refractivity contribution in [3.63, 3.8) is 0 Å². The van der Waals surface area contributed by atoms with E-state index < -0.39 is 27.4 Å². The summed E-state index contributed by atoms with van der Waals surface area (Å²) in [4.78, 5) is 20.4. The molecule has 1 heterocycles. The van der Waals surface area contributed by atoms with Crippen LogP contribution in [0.25, 0.3) is 11.1 Å². The second kappa shape index (κ2) is 17.6. The second-order valence-electron chi connectivity index (χ2n) is 13.7. The monoisotopic (exact) mass is 764 g/mol. The molecule has 0 aromatic heterocycles. The number of benzene rings is 6. The van der Waals surface area contributed by atoms with Crippen LogP contribution in [-0.4, -0.2) is 56.4 Å². The first-order valence-electron chi connectivity index (χ1n) is 18.8. The second-order valence-corrected chi connectivity index (χ2v) is 15.9. The van der Waals surface area contributed by atoms with Gasteiger partial charge in [-0.1, -0.05) is 133 Å². The third-order valence-electron chi connectivity index (χ3n) is 10.1. The zero-order valence-corrected chi connectivity index (χ0v) is 31.7. The molecule has 6 aromatic carbocycles. The van der Waals surface area contributed by atoms with E-state index in [1.54, 1.807) is 54.6 Å². The Balaban J connectivity index is 1.30. The predicted molar refractivity (Wildman–Crippen MR) is 219 cm³/mol. The van der Waals surface area contributed by atoms with E-state index in [4.69, 9.17) is 14.5 Å². The number of aliphatic hydroxyl groups excluding tert-OH is 1. The fraction of sp³-hybridized carbons (Fsp3) is 0.191. The Hall–Kier alpha value is -6.03. The lowest BCUT2D eigenvalue weighted by atomic mass is 9.84. The maximum absolute atomic E-state index is 15.1. The van der Waals surface area contributed by atoms with E-state index in [2.05, 4.69) is 5.32 Å². The van der Waals surface area contributed by atoms with Gasteiger partial charge in [-0.15, -0.1) is 0 Å². The molecule has 284 valence electrons. The first-order chi connectivity index (χ1) is 27.4. The van der Waals surface area contributed by atoms with Crippen molar-refractivity contribution >= 4 is 21.6 Å². The van der Waals surface area contributed by atoms with Crippen molar-refractivity contribution < 1.29 is 27.8 Å². The van der Waals surface area contributed by atoms with E-state index in [1.807, 2.05) is 115 Å². The van der Waals surface area contributed by atoms with Gasteiger partial charge in [-0.25, -0.2) is 13.4 Å². The van der Waals surface area contributed by atoms with Gasteiger partial charge in [0.1, 0.15) is 5.75 Å². The van der Waals surface area contributed by atoms with Crippen LogP contribution in [0.1, 0.15) is 47.1 Å². The molecule has 0 fully saturated rings. The zero-order chi connectivity index (χ0) is 38.8. The number of nitrogens with one attached hydrogen (secondary N) is 1. The summed E-state index contributed by atoms with van der Waals surface area (Å²) in [6.45, 7) is 0.628. The number of aliphatic hydroxyl groups is 1. The van der Waals surface area contributed by atoms with Crippen LogP contribution in [0.15, 0.2) is 180 Å². The summed E-state index contributed by atoms with van der Waals surface area (Å²) in [7, 11) is -3.82. The number of hydrogen-bond acceptors (Lipinski definition) is 7. The Bertz CT molecular complexity index is 2280. The molecule has 8 nitrogen and oxygen atoms in total. The van der Waals surface area contributed by atoms with Crippen molar-refractivity contribution in [2.75, 3.05) is 25.5 Å². The maximum Gasteiger partial charge on any atom is 0.252 e. The van der Waals surface area contributed by atoms with Crippen molar-refractivity contribution in [3.05, 3.63) is 192 Å². The maximum atomic E-state index is 15.1. The van der Waals surface area contributed by atoms with E-state index in [-0.39, 0.29) is 42.0 Å². The van der Waals surface area contributed by atoms with Gasteiger partial charge in [0.2, 0.25) is 5.90 Å². The van der Waals surface area contributed by atoms with Crippen LogP contribution in [0.4, 0.5) is 0 Å². The topological polar surface area (TPSA) is 114 Å². The molecule has 6 aromatic rings. The van der Waals surface area contributed by atoms with Crippen LogP contribution in [-0.2, 0) is 19.4 Å². The van der Waals surface area contributed by atoms with Gasteiger partial charge >= 0.3 is 0 Å². The third-order valence-corrected chi connectivity index (χ3v) is 11.8. The Morgan fingerprint density at radius 1 is 0.714 bits per heavy atom. The molecule has 1 amide bonds. The number of carbonyl (C=O) groups is 1. The van der Waals surface area contributed by atoms with E-state index in [9.17, 15) is 13.5 Å². The van der Waals surface area contributed by atoms with E-state index in [0.29, 0.717) is 29.9 Å². The lowest BCUT2D eigenvalue weighted by Crippen LogP contribution is -2.50. The largest absolute Gasteiger partial charge is 0.494 e. The van der Waals surface area contributed by atoms with Crippen molar-refractivity contribution in [2.45, 2.75) is 35.3 Å². The molecule has 0 radical (unpaired) electrons. The van der Waals surface area contributed by atoms with Gasteiger partial charge in [0.25, 0.3) is 5.91 Å². The van der Waals surface area contributed by atoms with Crippen LogP contribution in [0.3, 0.4) is 0 Å². The van der Waals surface area contributed by atoms with E-state index in [0.717, 1.165) is 22.3 Å². The normalized spacial score (nSPS) is 16.5. The van der Waals surface area contributed by atoms with Gasteiger partial charge in [0.15, 0.2) is 21.5 Å². The van der Waals surface area contributed by atoms with Gasteiger partial charge in [0, 0.05) is 37.5 Å². The molecule has 9 heteroatoms. The highest BCUT2D eigenvalue weighted by Gasteiger charge is 2.53. The Labute approximate surface area is 328 Å². The fourth-order valence-electron chi connectivity index (χ4n) is 7.03. The van der Waals surface area contributed by atoms with Gasteiger partial charge < -0.3 is 19.9 Å². The number of aliphatic imine (C=N–C) groups is 1. The average molecular weight is 765 g/mol. The van der Waals surface area contributed by atoms with Gasteiger partial charge in [-0.3, -0.25) is 4.79 Å². The van der Waals surface area contributed by atoms with Gasteiger partial charge in [-0.05, 0) is 64.2 Å². The van der Waals surface area contributed by atoms with Crippen LogP contribution >= 0.6 is 0 Å². The number of sulfone groups is 1. The van der Waals surface area contributed by atoms with Crippen molar-refractivity contribution in [2.24, 2.45) is 4.99 Å². The summed E-state index contributed by atoms with van der Waals surface area (Å²) in [5.74, 6) is -0.131. The first-order valence-corrected chi connectivity index (χ1v) is 20.4. The summed E-state index contributed by atoms with van der Waals surface area (Å²) in [6, 6.07) is 53.2. The molecular weight excluding hydrogens is 721 g/mol. The summed E-state index contributed by atoms with van der Waals surface area (Å²) >= 11 is 0. The molecule has 7 rings (SSSR count). The molecule has 0 spiro atoms. The van der Waals surface area contributed by atoms with Crippen molar-refractivity contribution in [3.8, 4) is 16.9 Å². The molecule has 1 aliphatic rings. The third kappa shape index (κ3) is 8.75. The number of hydrogen-bond donors (Lipinski definition) is 2. The molecule has 0 bridgehead atoms. The molecule has 0 unspecified atom stereocenters. The molecule has 0 saturated heterocycles. The highest BCUT2D eigenvalue weighted by atomic mass is 32.2. The summed E-state index contributed by atoms with van der Waals surface area (Å²) in [5.41, 5.74) is 3.71. The highest BCUT2D eigenvalue weighted by Crippen LogP contribution is 2.44. The summed E-state index contributed by atoms with van der Waals surface area (Å²) < 4.78 is 40.2.